The van der Waals surface area contributed by atoms with Gasteiger partial charge in [0.15, 0.2) is 5.78 Å². The number of aliphatic carboxylic acids is 2. The normalized spacial score (nSPS) is 16.1. The summed E-state index contributed by atoms with van der Waals surface area (Å²) in [5.74, 6) is -19.7. The molecule has 2 aromatic carbocycles. The monoisotopic (exact) mass is 1620 g/mol. The topological polar surface area (TPSA) is 675 Å². The van der Waals surface area contributed by atoms with Crippen LogP contribution in [-0.2, 0) is 106 Å². The number of phenolic OH excluding ortho intramolecular Hbond substituents is 1. The van der Waals surface area contributed by atoms with Crippen molar-refractivity contribution in [3.8, 4) is 5.75 Å². The molecule has 14 atom stereocenters. The molecule has 1 fully saturated rings. The number of aromatic amines is 1. The predicted molar refractivity (Wildman–Crippen MR) is 400 cm³/mol. The standard InChI is InChI=1S/C72H104N18O25/c1-9-75-61(105)45(19-21-55(99)100)80-63(107)47(23-35(2)3)82-64(108)48(25-40-15-17-42(95)18-16-40)81-59(103)36(4)78-66(110)51(32-91)79-54(98)31-90-30-43(96)27-50(70(90)114)84-67(111)52(33-92)85-69(113)58(38(6)94)88-65(109)49(24-39-13-11-10-12-14-39)83-68(112)57(37(5)93)87-53(97)29-76-62(106)46(20-22-56(101)102)86-71(115)72(7,8)89-60(104)44(73)26-41-28-74-34-77-41/h10-18,28,34-38,44-52,57-58,91-95H,9,19-27,29-33,73H2,1-8H3,(H,74,77)(H,75,105)(H,76,106)(H,78,110)(H,79,98)(H,80,107)(H,81,103)(H,82,108)(H,83,112)(H,84,111)(H,85,113)(H,86,115)(H,87,97)(H,88,109)(H,89,104)(H,99,100)(H,101,102)/t36-,37?,38?,44?,45-,46?,47-,48-,49?,50?,51-,52-,57-,58-/m0/s1. The number of phenols is 1. The quantitative estimate of drug-likeness (QED) is 0.0250. The van der Waals surface area contributed by atoms with Crippen molar-refractivity contribution in [2.24, 2.45) is 11.7 Å². The number of aromatic hydroxyl groups is 1. The number of carboxylic acid groups (broad SMARTS) is 2. The number of Topliss-reactive ketones (excluding diaryl/α,β-unsaturated/α-hetero) is 1. The second-order valence-electron chi connectivity index (χ2n) is 28.2. The van der Waals surface area contributed by atoms with E-state index in [0.29, 0.717) is 21.7 Å². The van der Waals surface area contributed by atoms with Crippen LogP contribution in [0.1, 0.15) is 111 Å². The molecule has 4 rings (SSSR count). The number of carbonyl (C=O) groups excluding carboxylic acids is 16. The highest BCUT2D eigenvalue weighted by atomic mass is 16.4. The van der Waals surface area contributed by atoms with E-state index in [2.05, 4.69) is 84.4 Å². The van der Waals surface area contributed by atoms with E-state index < -0.39 is 255 Å². The van der Waals surface area contributed by atoms with Gasteiger partial charge in [-0.25, -0.2) is 4.98 Å². The highest BCUT2D eigenvalue weighted by molar-refractivity contribution is 6.03. The molecule has 0 saturated carbocycles. The third-order valence-corrected chi connectivity index (χ3v) is 17.5. The summed E-state index contributed by atoms with van der Waals surface area (Å²) < 4.78 is 0. The number of aromatic nitrogens is 2. The Kier molecular flexibility index (Phi) is 38.3. The Bertz CT molecular complexity index is 3920. The minimum absolute atomic E-state index is 0.00438. The van der Waals surface area contributed by atoms with Crippen LogP contribution >= 0.6 is 0 Å². The van der Waals surface area contributed by atoms with Crippen LogP contribution in [0.3, 0.4) is 0 Å². The molecule has 115 heavy (non-hydrogen) atoms. The molecule has 0 aliphatic carbocycles. The number of piperidine rings is 1. The average Bonchev–Trinajstić information content (AvgIpc) is 0.984. The number of hydrogen-bond donors (Lipinski definition) is 23. The van der Waals surface area contributed by atoms with E-state index in [-0.39, 0.29) is 50.3 Å². The zero-order chi connectivity index (χ0) is 86.1. The van der Waals surface area contributed by atoms with Gasteiger partial charge < -0.3 is 126 Å². The first-order valence-electron chi connectivity index (χ1n) is 36.6. The van der Waals surface area contributed by atoms with Gasteiger partial charge in [-0.3, -0.25) is 86.3 Å². The lowest BCUT2D eigenvalue weighted by Crippen LogP contribution is -2.63. The largest absolute Gasteiger partial charge is 0.508 e. The lowest BCUT2D eigenvalue weighted by atomic mass is 10.00. The lowest BCUT2D eigenvalue weighted by molar-refractivity contribution is -0.147. The fourth-order valence-corrected chi connectivity index (χ4v) is 11.3. The van der Waals surface area contributed by atoms with Gasteiger partial charge in [-0.2, -0.15) is 0 Å². The number of nitrogens with zero attached hydrogens (tertiary/aromatic N) is 2. The van der Waals surface area contributed by atoms with Gasteiger partial charge in [0, 0.05) is 51.3 Å². The first-order chi connectivity index (χ1) is 54.1. The molecule has 632 valence electrons. The number of aliphatic hydroxyl groups is 4. The number of rotatable bonds is 47. The molecule has 1 saturated heterocycles. The van der Waals surface area contributed by atoms with Crippen LogP contribution in [0.25, 0.3) is 0 Å². The van der Waals surface area contributed by atoms with Gasteiger partial charge in [-0.1, -0.05) is 56.3 Å². The molecule has 6 unspecified atom stereocenters. The van der Waals surface area contributed by atoms with Crippen LogP contribution in [0.5, 0.6) is 5.75 Å². The number of aliphatic hydroxyl groups excluding tert-OH is 4. The van der Waals surface area contributed by atoms with Gasteiger partial charge in [-0.15, -0.1) is 0 Å². The van der Waals surface area contributed by atoms with Crippen molar-refractivity contribution >= 4 is 106 Å². The highest BCUT2D eigenvalue weighted by Crippen LogP contribution is 2.16. The SMILES string of the molecule is CCNC(=O)[C@H](CCC(=O)O)NC(=O)[C@H](CC(C)C)NC(=O)[C@H](Cc1ccc(O)cc1)NC(=O)[C@H](C)NC(=O)[C@H](CO)NC(=O)CN1CC(=O)CC(NC(=O)[C@H](CO)NC(=O)[C@@H](NC(=O)C(Cc2ccccc2)NC(=O)[C@@H](NC(=O)CNC(=O)C(CCC(=O)O)NC(=O)C(C)(C)NC(=O)C(N)Cc2c[nH]cn2)C(C)O)C(C)O)C1=O. The van der Waals surface area contributed by atoms with Crippen molar-refractivity contribution in [3.63, 3.8) is 0 Å². The van der Waals surface area contributed by atoms with E-state index in [1.165, 1.54) is 69.7 Å². The zero-order valence-corrected chi connectivity index (χ0v) is 64.6. The molecular weight excluding hydrogens is 1520 g/mol. The smallest absolute Gasteiger partial charge is 0.303 e. The fraction of sp³-hybridized carbons (Fsp3) is 0.542. The maximum absolute atomic E-state index is 14.2. The highest BCUT2D eigenvalue weighted by Gasteiger charge is 2.41. The Balaban J connectivity index is 1.40. The van der Waals surface area contributed by atoms with Crippen molar-refractivity contribution in [2.45, 2.75) is 203 Å². The lowest BCUT2D eigenvalue weighted by Gasteiger charge is -2.32. The van der Waals surface area contributed by atoms with Crippen LogP contribution in [0.2, 0.25) is 0 Å². The molecule has 2 heterocycles. The molecule has 0 bridgehead atoms. The summed E-state index contributed by atoms with van der Waals surface area (Å²) in [5.41, 5.74) is 5.48. The van der Waals surface area contributed by atoms with Crippen molar-refractivity contribution in [1.82, 2.24) is 89.3 Å². The van der Waals surface area contributed by atoms with Gasteiger partial charge in [0.25, 0.3) is 0 Å². The summed E-state index contributed by atoms with van der Waals surface area (Å²) in [6.45, 7) is 6.02. The van der Waals surface area contributed by atoms with Gasteiger partial charge in [-0.05, 0) is 90.0 Å². The summed E-state index contributed by atoms with van der Waals surface area (Å²) in [5, 5.41) is 104. The van der Waals surface area contributed by atoms with Crippen LogP contribution in [0, 0.1) is 5.92 Å². The fourth-order valence-electron chi connectivity index (χ4n) is 11.3. The molecule has 43 heteroatoms. The summed E-state index contributed by atoms with van der Waals surface area (Å²) in [6.07, 6.45) is -4.00. The van der Waals surface area contributed by atoms with E-state index in [4.69, 9.17) is 5.73 Å². The van der Waals surface area contributed by atoms with Crippen molar-refractivity contribution < 1.29 is 122 Å². The molecule has 24 N–H and O–H groups in total. The third kappa shape index (κ3) is 32.1. The number of benzene rings is 2. The molecule has 1 aromatic heterocycles. The number of hydrogen-bond acceptors (Lipinski definition) is 25. The Labute approximate surface area is 659 Å². The molecule has 1 aliphatic rings. The summed E-state index contributed by atoms with van der Waals surface area (Å²) in [7, 11) is 0. The summed E-state index contributed by atoms with van der Waals surface area (Å²) in [4.78, 5) is 248. The minimum Gasteiger partial charge on any atom is -0.508 e. The van der Waals surface area contributed by atoms with E-state index in [1.807, 2.05) is 0 Å². The molecule has 1 aliphatic heterocycles. The molecule has 0 spiro atoms. The number of likely N-dealkylation sites (N-methyl/N-ethyl adjacent to an activating group) is 1. The average molecular weight is 1620 g/mol. The molecule has 43 nitrogen and oxygen atoms in total. The second kappa shape index (κ2) is 46.2. The number of carboxylic acids is 2. The Morgan fingerprint density at radius 3 is 1.59 bits per heavy atom. The Morgan fingerprint density at radius 2 is 1.05 bits per heavy atom. The van der Waals surface area contributed by atoms with Crippen LogP contribution in [0.15, 0.2) is 67.1 Å². The van der Waals surface area contributed by atoms with Gasteiger partial charge in [0.05, 0.1) is 56.6 Å². The van der Waals surface area contributed by atoms with Gasteiger partial charge >= 0.3 is 11.9 Å². The van der Waals surface area contributed by atoms with Gasteiger partial charge in [0.1, 0.15) is 84.3 Å². The van der Waals surface area contributed by atoms with Gasteiger partial charge in [0.2, 0.25) is 88.6 Å². The molecule has 3 aromatic rings. The molecular formula is C72H104N18O25. The van der Waals surface area contributed by atoms with Crippen molar-refractivity contribution in [2.75, 3.05) is 39.4 Å². The van der Waals surface area contributed by atoms with Crippen molar-refractivity contribution in [1.29, 1.82) is 0 Å². The minimum atomic E-state index is -2.02. The first-order valence-corrected chi connectivity index (χ1v) is 36.6. The first kappa shape index (κ1) is 95.3. The number of imidazole rings is 1. The number of likely N-dealkylation sites (tertiary alicyclic amines) is 1. The van der Waals surface area contributed by atoms with Crippen molar-refractivity contribution in [3.05, 3.63) is 83.9 Å². The Morgan fingerprint density at radius 1 is 0.557 bits per heavy atom. The predicted octanol–water partition coefficient (Wildman–Crippen LogP) is -8.71. The summed E-state index contributed by atoms with van der Waals surface area (Å²) >= 11 is 0. The van der Waals surface area contributed by atoms with Crippen LogP contribution in [-0.4, -0.2) is 287 Å². The Hall–Kier alpha value is -12.1. The number of carbonyl (C=O) groups is 18. The third-order valence-electron chi connectivity index (χ3n) is 17.5. The molecule has 0 radical (unpaired) electrons. The number of amides is 15. The number of nitrogens with one attached hydrogen (secondary N) is 15. The van der Waals surface area contributed by atoms with Crippen LogP contribution in [0.4, 0.5) is 0 Å². The number of H-pyrrole nitrogens is 1. The van der Waals surface area contributed by atoms with E-state index in [1.54, 1.807) is 39.0 Å². The van der Waals surface area contributed by atoms with E-state index in [0.717, 1.165) is 13.8 Å². The maximum atomic E-state index is 14.2. The number of nitrogens with two attached hydrogens (primary N) is 1. The van der Waals surface area contributed by atoms with E-state index in [9.17, 15) is 122 Å². The number of ketones is 1. The maximum Gasteiger partial charge on any atom is 0.303 e. The van der Waals surface area contributed by atoms with Crippen LogP contribution < -0.4 is 80.2 Å². The zero-order valence-electron chi connectivity index (χ0n) is 64.6. The van der Waals surface area contributed by atoms with E-state index >= 15 is 0 Å². The summed E-state index contributed by atoms with van der Waals surface area (Å²) in [6, 6.07) is -6.49. The second-order valence-corrected chi connectivity index (χ2v) is 28.2. The molecule has 15 amide bonds.